The first kappa shape index (κ1) is 16.4. The number of nitrogens with zero attached hydrogens (tertiary/aromatic N) is 4. The van der Waals surface area contributed by atoms with Crippen LogP contribution in [0.2, 0.25) is 0 Å². The number of tetrazole rings is 1. The van der Waals surface area contributed by atoms with E-state index < -0.39 is 6.04 Å². The average Bonchev–Trinajstić information content (AvgIpc) is 3.17. The van der Waals surface area contributed by atoms with Crippen LogP contribution in [-0.4, -0.2) is 40.3 Å². The van der Waals surface area contributed by atoms with Crippen LogP contribution in [0.15, 0.2) is 54.9 Å². The van der Waals surface area contributed by atoms with E-state index >= 15 is 0 Å². The van der Waals surface area contributed by atoms with Gasteiger partial charge in [0.15, 0.2) is 6.04 Å². The van der Waals surface area contributed by atoms with Gasteiger partial charge in [0.2, 0.25) is 0 Å². The van der Waals surface area contributed by atoms with E-state index in [1.807, 2.05) is 30.3 Å². The summed E-state index contributed by atoms with van der Waals surface area (Å²) in [6.07, 6.45) is 1.41. The molecule has 25 heavy (non-hydrogen) atoms. The molecular weight excluding hydrogens is 322 g/mol. The van der Waals surface area contributed by atoms with E-state index in [2.05, 4.69) is 20.8 Å². The first-order valence-electron chi connectivity index (χ1n) is 7.53. The molecule has 0 radical (unpaired) electrons. The predicted octanol–water partition coefficient (Wildman–Crippen LogP) is 1.92. The van der Waals surface area contributed by atoms with Crippen LogP contribution >= 0.6 is 0 Å². The lowest BCUT2D eigenvalue weighted by molar-refractivity contribution is -0.118. The lowest BCUT2D eigenvalue weighted by Crippen LogP contribution is -2.27. The summed E-state index contributed by atoms with van der Waals surface area (Å²) >= 11 is 0. The highest BCUT2D eigenvalue weighted by Gasteiger charge is 2.24. The van der Waals surface area contributed by atoms with Crippen molar-refractivity contribution in [2.75, 3.05) is 19.5 Å². The summed E-state index contributed by atoms with van der Waals surface area (Å²) in [5, 5.41) is 14.0. The molecule has 3 rings (SSSR count). The van der Waals surface area contributed by atoms with Crippen LogP contribution in [0.5, 0.6) is 11.5 Å². The SMILES string of the molecule is COc1ccc(NC(=O)[C@@H](c2ccccc2)n2cnnn2)c(OC)c1. The predicted molar refractivity (Wildman–Crippen MR) is 90.6 cm³/mol. The first-order chi connectivity index (χ1) is 12.2. The van der Waals surface area contributed by atoms with E-state index in [9.17, 15) is 4.79 Å². The first-order valence-corrected chi connectivity index (χ1v) is 7.53. The van der Waals surface area contributed by atoms with Gasteiger partial charge in [0.05, 0.1) is 19.9 Å². The molecule has 0 fully saturated rings. The molecule has 1 heterocycles. The molecule has 0 aliphatic rings. The Labute approximate surface area is 144 Å². The van der Waals surface area contributed by atoms with Crippen LogP contribution in [-0.2, 0) is 4.79 Å². The van der Waals surface area contributed by atoms with Crippen LogP contribution in [0.4, 0.5) is 5.69 Å². The van der Waals surface area contributed by atoms with Gasteiger partial charge in [-0.1, -0.05) is 30.3 Å². The smallest absolute Gasteiger partial charge is 0.254 e. The van der Waals surface area contributed by atoms with Gasteiger partial charge in [-0.2, -0.15) is 0 Å². The fraction of sp³-hybridized carbons (Fsp3) is 0.176. The van der Waals surface area contributed by atoms with Crippen molar-refractivity contribution in [1.29, 1.82) is 0 Å². The van der Waals surface area contributed by atoms with Crippen molar-refractivity contribution in [2.24, 2.45) is 0 Å². The maximum atomic E-state index is 12.9. The van der Waals surface area contributed by atoms with Crippen LogP contribution < -0.4 is 14.8 Å². The number of rotatable bonds is 6. The van der Waals surface area contributed by atoms with Crippen molar-refractivity contribution in [2.45, 2.75) is 6.04 Å². The van der Waals surface area contributed by atoms with Gasteiger partial charge in [0.1, 0.15) is 17.8 Å². The summed E-state index contributed by atoms with van der Waals surface area (Å²) in [5.41, 5.74) is 1.29. The summed E-state index contributed by atoms with van der Waals surface area (Å²) in [4.78, 5) is 12.9. The third-order valence-electron chi connectivity index (χ3n) is 3.66. The average molecular weight is 339 g/mol. The topological polar surface area (TPSA) is 91.2 Å². The van der Waals surface area contributed by atoms with Gasteiger partial charge >= 0.3 is 0 Å². The lowest BCUT2D eigenvalue weighted by atomic mass is 10.1. The molecule has 0 bridgehead atoms. The van der Waals surface area contributed by atoms with E-state index in [4.69, 9.17) is 9.47 Å². The summed E-state index contributed by atoms with van der Waals surface area (Å²) in [6, 6.07) is 13.7. The van der Waals surface area contributed by atoms with Crippen molar-refractivity contribution in [1.82, 2.24) is 20.2 Å². The normalized spacial score (nSPS) is 11.6. The van der Waals surface area contributed by atoms with Gasteiger partial charge in [-0.25, -0.2) is 4.68 Å². The maximum absolute atomic E-state index is 12.9. The van der Waals surface area contributed by atoms with Crippen molar-refractivity contribution in [3.8, 4) is 11.5 Å². The molecule has 128 valence electrons. The van der Waals surface area contributed by atoms with Crippen molar-refractivity contribution < 1.29 is 14.3 Å². The number of nitrogens with one attached hydrogen (secondary N) is 1. The van der Waals surface area contributed by atoms with Gasteiger partial charge in [0.25, 0.3) is 5.91 Å². The fourth-order valence-electron chi connectivity index (χ4n) is 2.45. The van der Waals surface area contributed by atoms with Crippen LogP contribution in [0.3, 0.4) is 0 Å². The molecule has 2 aromatic carbocycles. The van der Waals surface area contributed by atoms with Crippen LogP contribution in [0.25, 0.3) is 0 Å². The second-order valence-electron chi connectivity index (χ2n) is 5.16. The molecular formula is C17H17N5O3. The molecule has 1 atom stereocenters. The van der Waals surface area contributed by atoms with Gasteiger partial charge < -0.3 is 14.8 Å². The zero-order valence-electron chi connectivity index (χ0n) is 13.8. The van der Waals surface area contributed by atoms with E-state index in [-0.39, 0.29) is 5.91 Å². The number of hydrogen-bond acceptors (Lipinski definition) is 6. The number of aromatic nitrogens is 4. The zero-order valence-corrected chi connectivity index (χ0v) is 13.8. The fourth-order valence-corrected chi connectivity index (χ4v) is 2.45. The number of benzene rings is 2. The minimum absolute atomic E-state index is 0.290. The van der Waals surface area contributed by atoms with Crippen molar-refractivity contribution in [3.63, 3.8) is 0 Å². The van der Waals surface area contributed by atoms with Gasteiger partial charge in [-0.05, 0) is 28.1 Å². The second-order valence-corrected chi connectivity index (χ2v) is 5.16. The Morgan fingerprint density at radius 3 is 2.56 bits per heavy atom. The molecule has 0 unspecified atom stereocenters. The number of carbonyl (C=O) groups excluding carboxylic acids is 1. The van der Waals surface area contributed by atoms with Crippen LogP contribution in [0, 0.1) is 0 Å². The minimum Gasteiger partial charge on any atom is -0.497 e. The van der Waals surface area contributed by atoms with E-state index in [1.54, 1.807) is 25.3 Å². The van der Waals surface area contributed by atoms with Crippen molar-refractivity contribution in [3.05, 3.63) is 60.4 Å². The Morgan fingerprint density at radius 1 is 1.12 bits per heavy atom. The lowest BCUT2D eigenvalue weighted by Gasteiger charge is -2.18. The summed E-state index contributed by atoms with van der Waals surface area (Å²) in [6.45, 7) is 0. The summed E-state index contributed by atoms with van der Waals surface area (Å²) in [7, 11) is 3.09. The van der Waals surface area contributed by atoms with Gasteiger partial charge in [-0.3, -0.25) is 4.79 Å². The number of hydrogen-bond donors (Lipinski definition) is 1. The Balaban J connectivity index is 1.92. The molecule has 0 spiro atoms. The highest BCUT2D eigenvalue weighted by atomic mass is 16.5. The summed E-state index contributed by atoms with van der Waals surface area (Å²) < 4.78 is 11.9. The minimum atomic E-state index is -0.706. The van der Waals surface area contributed by atoms with E-state index in [0.29, 0.717) is 17.2 Å². The van der Waals surface area contributed by atoms with E-state index in [0.717, 1.165) is 5.56 Å². The number of carbonyl (C=O) groups is 1. The molecule has 8 heteroatoms. The largest absolute Gasteiger partial charge is 0.497 e. The quantitative estimate of drug-likeness (QED) is 0.738. The number of amides is 1. The zero-order chi connectivity index (χ0) is 17.6. The molecule has 0 saturated carbocycles. The second kappa shape index (κ2) is 7.43. The molecule has 8 nitrogen and oxygen atoms in total. The standard InChI is InChI=1S/C17H17N5O3/c1-24-13-8-9-14(15(10-13)25-2)19-17(23)16(22-11-18-20-21-22)12-6-4-3-5-7-12/h3-11,16H,1-2H3,(H,19,23)/t16-/m1/s1. The Hall–Kier alpha value is -3.42. The highest BCUT2D eigenvalue weighted by molar-refractivity contribution is 5.97. The third kappa shape index (κ3) is 3.57. The molecule has 0 aliphatic heterocycles. The van der Waals surface area contributed by atoms with Gasteiger partial charge in [0, 0.05) is 6.07 Å². The molecule has 1 aromatic heterocycles. The van der Waals surface area contributed by atoms with Crippen molar-refractivity contribution >= 4 is 11.6 Å². The number of methoxy groups -OCH3 is 2. The molecule has 3 aromatic rings. The highest BCUT2D eigenvalue weighted by Crippen LogP contribution is 2.30. The Morgan fingerprint density at radius 2 is 1.92 bits per heavy atom. The Kier molecular flexibility index (Phi) is 4.89. The maximum Gasteiger partial charge on any atom is 0.254 e. The number of ether oxygens (including phenoxy) is 2. The molecule has 1 N–H and O–H groups in total. The number of anilines is 1. The van der Waals surface area contributed by atoms with Gasteiger partial charge in [-0.15, -0.1) is 5.10 Å². The third-order valence-corrected chi connectivity index (χ3v) is 3.66. The summed E-state index contributed by atoms with van der Waals surface area (Å²) in [5.74, 6) is 0.841. The van der Waals surface area contributed by atoms with E-state index in [1.165, 1.54) is 18.1 Å². The monoisotopic (exact) mass is 339 g/mol. The molecule has 1 amide bonds. The Bertz CT molecular complexity index is 837. The molecule has 0 saturated heterocycles. The molecule has 0 aliphatic carbocycles. The van der Waals surface area contributed by atoms with Crippen LogP contribution in [0.1, 0.15) is 11.6 Å².